The van der Waals surface area contributed by atoms with E-state index in [9.17, 15) is 4.79 Å². The highest BCUT2D eigenvalue weighted by atomic mass is 35.5. The average molecular weight is 202 g/mol. The van der Waals surface area contributed by atoms with Gasteiger partial charge in [-0.1, -0.05) is 11.6 Å². The van der Waals surface area contributed by atoms with Crippen LogP contribution in [-0.4, -0.2) is 17.0 Å². The maximum Gasteiger partial charge on any atom is 0.161 e. The number of hydrogen-bond donors (Lipinski definition) is 0. The summed E-state index contributed by atoms with van der Waals surface area (Å²) in [5, 5.41) is 1.29. The summed E-state index contributed by atoms with van der Waals surface area (Å²) in [7, 11) is 0. The largest absolute Gasteiger partial charge is 0.294 e. The Balaban J connectivity index is 3.10. The molecule has 4 heteroatoms. The Morgan fingerprint density at radius 1 is 1.67 bits per heavy atom. The number of thioether (sulfide) groups is 1. The predicted octanol–water partition coefficient (Wildman–Crippen LogP) is 2.66. The van der Waals surface area contributed by atoms with Crippen LogP contribution in [-0.2, 0) is 0 Å². The fourth-order valence-corrected chi connectivity index (χ4v) is 1.58. The molecule has 0 atom stereocenters. The van der Waals surface area contributed by atoms with E-state index in [0.29, 0.717) is 10.6 Å². The molecule has 0 N–H and O–H groups in total. The maximum absolute atomic E-state index is 10.9. The third-order valence-electron chi connectivity index (χ3n) is 1.41. The van der Waals surface area contributed by atoms with Crippen molar-refractivity contribution in [3.63, 3.8) is 0 Å². The van der Waals surface area contributed by atoms with Gasteiger partial charge in [0.05, 0.1) is 5.02 Å². The van der Waals surface area contributed by atoms with Crippen LogP contribution in [0.1, 0.15) is 17.3 Å². The lowest BCUT2D eigenvalue weighted by atomic mass is 10.2. The zero-order valence-corrected chi connectivity index (χ0v) is 8.37. The van der Waals surface area contributed by atoms with Crippen molar-refractivity contribution in [1.29, 1.82) is 0 Å². The Morgan fingerprint density at radius 3 is 2.75 bits per heavy atom. The van der Waals surface area contributed by atoms with Gasteiger partial charge in [0.1, 0.15) is 5.03 Å². The number of nitrogens with zero attached hydrogens (tertiary/aromatic N) is 1. The number of hydrogen-bond acceptors (Lipinski definition) is 3. The van der Waals surface area contributed by atoms with Crippen LogP contribution in [0.5, 0.6) is 0 Å². The van der Waals surface area contributed by atoms with Gasteiger partial charge in [-0.05, 0) is 19.2 Å². The Kier molecular flexibility index (Phi) is 3.12. The van der Waals surface area contributed by atoms with E-state index in [1.807, 2.05) is 6.26 Å². The molecule has 0 aliphatic rings. The minimum atomic E-state index is -0.0166. The van der Waals surface area contributed by atoms with E-state index in [2.05, 4.69) is 4.98 Å². The highest BCUT2D eigenvalue weighted by Crippen LogP contribution is 2.23. The zero-order chi connectivity index (χ0) is 9.14. The third-order valence-corrected chi connectivity index (χ3v) is 2.52. The minimum Gasteiger partial charge on any atom is -0.294 e. The molecule has 12 heavy (non-hydrogen) atoms. The molecule has 1 rings (SSSR count). The van der Waals surface area contributed by atoms with Crippen LogP contribution in [0, 0.1) is 0 Å². The quantitative estimate of drug-likeness (QED) is 0.544. The van der Waals surface area contributed by atoms with Crippen LogP contribution < -0.4 is 0 Å². The van der Waals surface area contributed by atoms with Crippen molar-refractivity contribution in [2.45, 2.75) is 11.9 Å². The van der Waals surface area contributed by atoms with Gasteiger partial charge in [0, 0.05) is 11.8 Å². The Morgan fingerprint density at radius 2 is 2.33 bits per heavy atom. The van der Waals surface area contributed by atoms with E-state index in [-0.39, 0.29) is 5.78 Å². The van der Waals surface area contributed by atoms with Gasteiger partial charge in [-0.2, -0.15) is 0 Å². The molecule has 1 heterocycles. The van der Waals surface area contributed by atoms with Crippen molar-refractivity contribution in [1.82, 2.24) is 4.98 Å². The molecule has 0 aliphatic heterocycles. The monoisotopic (exact) mass is 201 g/mol. The minimum absolute atomic E-state index is 0.0166. The van der Waals surface area contributed by atoms with Gasteiger partial charge >= 0.3 is 0 Å². The maximum atomic E-state index is 10.9. The van der Waals surface area contributed by atoms with E-state index in [1.54, 1.807) is 12.3 Å². The molecule has 1 aromatic rings. The van der Waals surface area contributed by atoms with Gasteiger partial charge in [-0.3, -0.25) is 4.79 Å². The van der Waals surface area contributed by atoms with E-state index in [1.165, 1.54) is 18.7 Å². The number of Topliss-reactive ketones (excluding diaryl/α,β-unsaturated/α-hetero) is 1. The summed E-state index contributed by atoms with van der Waals surface area (Å²) in [5.41, 5.74) is 0.554. The molecule has 0 saturated heterocycles. The summed E-state index contributed by atoms with van der Waals surface area (Å²) in [6.07, 6.45) is 3.43. The van der Waals surface area contributed by atoms with Crippen molar-refractivity contribution in [2.75, 3.05) is 6.26 Å². The average Bonchev–Trinajstić information content (AvgIpc) is 2.04. The number of halogens is 1. The summed E-state index contributed by atoms with van der Waals surface area (Å²) in [6, 6.07) is 1.64. The van der Waals surface area contributed by atoms with Crippen LogP contribution in [0.15, 0.2) is 17.3 Å². The van der Waals surface area contributed by atoms with Crippen molar-refractivity contribution in [2.24, 2.45) is 0 Å². The number of carbonyl (C=O) groups is 1. The molecular weight excluding hydrogens is 194 g/mol. The first-order valence-corrected chi connectivity index (χ1v) is 4.96. The fraction of sp³-hybridized carbons (Fsp3) is 0.250. The molecule has 64 valence electrons. The molecule has 1 aromatic heterocycles. The molecule has 0 bridgehead atoms. The van der Waals surface area contributed by atoms with Crippen LogP contribution >= 0.6 is 23.4 Å². The van der Waals surface area contributed by atoms with Crippen molar-refractivity contribution in [3.8, 4) is 0 Å². The van der Waals surface area contributed by atoms with Crippen molar-refractivity contribution < 1.29 is 4.79 Å². The van der Waals surface area contributed by atoms with Crippen molar-refractivity contribution in [3.05, 3.63) is 22.8 Å². The SMILES string of the molecule is CSc1ncc(C(C)=O)cc1Cl. The predicted molar refractivity (Wildman–Crippen MR) is 51.0 cm³/mol. The lowest BCUT2D eigenvalue weighted by Gasteiger charge is -2.00. The summed E-state index contributed by atoms with van der Waals surface area (Å²) < 4.78 is 0. The molecule has 0 fully saturated rings. The van der Waals surface area contributed by atoms with Gasteiger partial charge in [-0.25, -0.2) is 4.98 Å². The normalized spacial score (nSPS) is 9.92. The lowest BCUT2D eigenvalue weighted by Crippen LogP contribution is -1.93. The molecule has 0 unspecified atom stereocenters. The standard InChI is InChI=1S/C8H8ClNOS/c1-5(11)6-3-7(9)8(12-2)10-4-6/h3-4H,1-2H3. The second-order valence-electron chi connectivity index (χ2n) is 2.27. The Bertz CT molecular complexity index is 314. The summed E-state index contributed by atoms with van der Waals surface area (Å²) in [5.74, 6) is -0.0166. The van der Waals surface area contributed by atoms with Crippen molar-refractivity contribution >= 4 is 29.1 Å². The summed E-state index contributed by atoms with van der Waals surface area (Å²) in [6.45, 7) is 1.49. The fourth-order valence-electron chi connectivity index (χ4n) is 0.768. The molecule has 0 saturated carbocycles. The van der Waals surface area contributed by atoms with Crippen LogP contribution in [0.25, 0.3) is 0 Å². The molecule has 0 radical (unpaired) electrons. The van der Waals surface area contributed by atoms with E-state index in [4.69, 9.17) is 11.6 Å². The van der Waals surface area contributed by atoms with Gasteiger partial charge in [-0.15, -0.1) is 11.8 Å². The molecule has 0 amide bonds. The molecule has 2 nitrogen and oxygen atoms in total. The number of aromatic nitrogens is 1. The highest BCUT2D eigenvalue weighted by molar-refractivity contribution is 7.98. The smallest absolute Gasteiger partial charge is 0.161 e. The first kappa shape index (κ1) is 9.55. The topological polar surface area (TPSA) is 30.0 Å². The van der Waals surface area contributed by atoms with E-state index in [0.717, 1.165) is 5.03 Å². The number of pyridine rings is 1. The first-order chi connectivity index (χ1) is 5.65. The van der Waals surface area contributed by atoms with Crippen LogP contribution in [0.3, 0.4) is 0 Å². The Hall–Kier alpha value is -0.540. The van der Waals surface area contributed by atoms with E-state index < -0.39 is 0 Å². The molecule has 0 aliphatic carbocycles. The second kappa shape index (κ2) is 3.92. The summed E-state index contributed by atoms with van der Waals surface area (Å²) >= 11 is 7.30. The first-order valence-electron chi connectivity index (χ1n) is 3.35. The second-order valence-corrected chi connectivity index (χ2v) is 3.47. The number of carbonyl (C=O) groups excluding carboxylic acids is 1. The van der Waals surface area contributed by atoms with Gasteiger partial charge in [0.25, 0.3) is 0 Å². The van der Waals surface area contributed by atoms with Gasteiger partial charge in [0.15, 0.2) is 5.78 Å². The number of ketones is 1. The third kappa shape index (κ3) is 1.99. The highest BCUT2D eigenvalue weighted by Gasteiger charge is 2.04. The van der Waals surface area contributed by atoms with Gasteiger partial charge < -0.3 is 0 Å². The van der Waals surface area contributed by atoms with Crippen LogP contribution in [0.2, 0.25) is 5.02 Å². The Labute approximate surface area is 80.3 Å². The van der Waals surface area contributed by atoms with E-state index >= 15 is 0 Å². The molecule has 0 aromatic carbocycles. The summed E-state index contributed by atoms with van der Waals surface area (Å²) in [4.78, 5) is 14.9. The number of rotatable bonds is 2. The van der Waals surface area contributed by atoms with Gasteiger partial charge in [0.2, 0.25) is 0 Å². The lowest BCUT2D eigenvalue weighted by molar-refractivity contribution is 0.101. The van der Waals surface area contributed by atoms with Crippen LogP contribution in [0.4, 0.5) is 0 Å². The zero-order valence-electron chi connectivity index (χ0n) is 6.80. The molecular formula is C8H8ClNOS. The molecule has 0 spiro atoms.